The van der Waals surface area contributed by atoms with Crippen LogP contribution in [-0.2, 0) is 0 Å². The molecule has 4 nitrogen and oxygen atoms in total. The van der Waals surface area contributed by atoms with Gasteiger partial charge in [-0.3, -0.25) is 9.36 Å². The fourth-order valence-corrected chi connectivity index (χ4v) is 1.32. The second kappa shape index (κ2) is 2.96. The van der Waals surface area contributed by atoms with E-state index in [0.29, 0.717) is 11.2 Å². The Morgan fingerprint density at radius 2 is 2.36 bits per heavy atom. The molecule has 0 radical (unpaired) electrons. The van der Waals surface area contributed by atoms with Crippen LogP contribution in [0.1, 0.15) is 11.7 Å². The van der Waals surface area contributed by atoms with Gasteiger partial charge < -0.3 is 0 Å². The monoisotopic (exact) mass is 185 g/mol. The molecule has 0 aliphatic rings. The zero-order chi connectivity index (χ0) is 10.1. The minimum atomic E-state index is -0.102. The molecule has 1 aromatic heterocycles. The van der Waals surface area contributed by atoms with Crippen LogP contribution in [0.4, 0.5) is 5.69 Å². The third-order valence-corrected chi connectivity index (χ3v) is 2.00. The molecule has 0 bridgehead atoms. The Morgan fingerprint density at radius 1 is 1.57 bits per heavy atom. The van der Waals surface area contributed by atoms with Crippen molar-refractivity contribution < 1.29 is 4.79 Å². The highest BCUT2D eigenvalue weighted by molar-refractivity contribution is 5.90. The van der Waals surface area contributed by atoms with Gasteiger partial charge in [-0.05, 0) is 12.1 Å². The lowest BCUT2D eigenvalue weighted by molar-refractivity contribution is 0.0941. The predicted molar refractivity (Wildman–Crippen MR) is 52.3 cm³/mol. The molecule has 1 heterocycles. The first-order valence-corrected chi connectivity index (χ1v) is 4.08. The van der Waals surface area contributed by atoms with Crippen LogP contribution >= 0.6 is 0 Å². The number of rotatable bonds is 0. The summed E-state index contributed by atoms with van der Waals surface area (Å²) < 4.78 is 1.43. The molecule has 0 amide bonds. The van der Waals surface area contributed by atoms with Crippen molar-refractivity contribution in [2.75, 3.05) is 0 Å². The quantitative estimate of drug-likeness (QED) is 0.590. The molecule has 1 aromatic carbocycles. The number of imidazole rings is 1. The van der Waals surface area contributed by atoms with Gasteiger partial charge in [0.2, 0.25) is 5.91 Å². The van der Waals surface area contributed by atoms with Gasteiger partial charge in [-0.25, -0.2) is 9.83 Å². The van der Waals surface area contributed by atoms with Crippen LogP contribution in [0.25, 0.3) is 15.9 Å². The molecule has 2 aromatic rings. The van der Waals surface area contributed by atoms with Crippen molar-refractivity contribution in [1.82, 2.24) is 9.55 Å². The standard InChI is InChI=1S/C10H7N3O/c1-7(14)13-6-12-9-4-3-8(11-2)5-10(9)13/h3-6H,1H3. The van der Waals surface area contributed by atoms with E-state index in [1.54, 1.807) is 18.2 Å². The summed E-state index contributed by atoms with van der Waals surface area (Å²) in [6, 6.07) is 5.09. The number of benzene rings is 1. The van der Waals surface area contributed by atoms with Crippen LogP contribution < -0.4 is 0 Å². The molecule has 2 rings (SSSR count). The van der Waals surface area contributed by atoms with Crippen molar-refractivity contribution in [3.8, 4) is 0 Å². The Balaban J connectivity index is 2.77. The number of fused-ring (bicyclic) bond motifs is 1. The highest BCUT2D eigenvalue weighted by Gasteiger charge is 2.05. The van der Waals surface area contributed by atoms with E-state index in [2.05, 4.69) is 9.83 Å². The molecule has 0 aliphatic heterocycles. The summed E-state index contributed by atoms with van der Waals surface area (Å²) in [6.07, 6.45) is 1.47. The minimum absolute atomic E-state index is 0.102. The van der Waals surface area contributed by atoms with E-state index < -0.39 is 0 Å². The Kier molecular flexibility index (Phi) is 1.79. The summed E-state index contributed by atoms with van der Waals surface area (Å²) in [4.78, 5) is 18.5. The lowest BCUT2D eigenvalue weighted by Gasteiger charge is -1.97. The van der Waals surface area contributed by atoms with Crippen molar-refractivity contribution in [2.45, 2.75) is 6.92 Å². The zero-order valence-electron chi connectivity index (χ0n) is 7.56. The molecular weight excluding hydrogens is 178 g/mol. The molecule has 0 spiro atoms. The van der Waals surface area contributed by atoms with Crippen molar-refractivity contribution in [1.29, 1.82) is 0 Å². The number of nitrogens with zero attached hydrogens (tertiary/aromatic N) is 3. The molecule has 0 aliphatic carbocycles. The van der Waals surface area contributed by atoms with Gasteiger partial charge in [-0.15, -0.1) is 0 Å². The van der Waals surface area contributed by atoms with E-state index in [-0.39, 0.29) is 5.91 Å². The Bertz CT molecular complexity index is 548. The van der Waals surface area contributed by atoms with Crippen LogP contribution in [-0.4, -0.2) is 15.5 Å². The van der Waals surface area contributed by atoms with Gasteiger partial charge in [-0.1, -0.05) is 6.07 Å². The lowest BCUT2D eigenvalue weighted by Crippen LogP contribution is -2.02. The smallest absolute Gasteiger partial charge is 0.229 e. The van der Waals surface area contributed by atoms with E-state index in [4.69, 9.17) is 6.57 Å². The number of hydrogen-bond donors (Lipinski definition) is 0. The number of hydrogen-bond acceptors (Lipinski definition) is 2. The van der Waals surface area contributed by atoms with Crippen LogP contribution in [0, 0.1) is 6.57 Å². The summed E-state index contributed by atoms with van der Waals surface area (Å²) in [5, 5.41) is 0. The van der Waals surface area contributed by atoms with Crippen molar-refractivity contribution >= 4 is 22.6 Å². The molecule has 0 atom stereocenters. The third-order valence-electron chi connectivity index (χ3n) is 2.00. The largest absolute Gasteiger partial charge is 0.274 e. The topological polar surface area (TPSA) is 39.2 Å². The van der Waals surface area contributed by atoms with Crippen molar-refractivity contribution in [3.63, 3.8) is 0 Å². The van der Waals surface area contributed by atoms with Gasteiger partial charge in [0.25, 0.3) is 0 Å². The molecule has 0 N–H and O–H groups in total. The predicted octanol–water partition coefficient (Wildman–Crippen LogP) is 2.25. The summed E-state index contributed by atoms with van der Waals surface area (Å²) >= 11 is 0. The molecule has 0 fully saturated rings. The Labute approximate surface area is 80.6 Å². The van der Waals surface area contributed by atoms with Crippen LogP contribution in [0.5, 0.6) is 0 Å². The highest BCUT2D eigenvalue weighted by atomic mass is 16.1. The third kappa shape index (κ3) is 1.15. The maximum Gasteiger partial charge on any atom is 0.229 e. The number of carbonyl (C=O) groups is 1. The van der Waals surface area contributed by atoms with Crippen LogP contribution in [0.3, 0.4) is 0 Å². The van der Waals surface area contributed by atoms with Gasteiger partial charge in [-0.2, -0.15) is 0 Å². The van der Waals surface area contributed by atoms with E-state index in [1.807, 2.05) is 0 Å². The van der Waals surface area contributed by atoms with Crippen LogP contribution in [0.15, 0.2) is 24.5 Å². The van der Waals surface area contributed by atoms with Gasteiger partial charge >= 0.3 is 0 Å². The van der Waals surface area contributed by atoms with E-state index >= 15 is 0 Å². The molecule has 14 heavy (non-hydrogen) atoms. The molecular formula is C10H7N3O. The summed E-state index contributed by atoms with van der Waals surface area (Å²) in [5.74, 6) is -0.102. The number of aromatic nitrogens is 2. The first-order valence-electron chi connectivity index (χ1n) is 4.08. The maximum atomic E-state index is 11.2. The lowest BCUT2D eigenvalue weighted by atomic mass is 10.3. The van der Waals surface area contributed by atoms with Crippen LogP contribution in [0.2, 0.25) is 0 Å². The molecule has 68 valence electrons. The van der Waals surface area contributed by atoms with E-state index in [1.165, 1.54) is 17.8 Å². The van der Waals surface area contributed by atoms with E-state index in [0.717, 1.165) is 5.52 Å². The fourth-order valence-electron chi connectivity index (χ4n) is 1.32. The fraction of sp³-hybridized carbons (Fsp3) is 0.100. The second-order valence-corrected chi connectivity index (χ2v) is 2.92. The summed E-state index contributed by atoms with van der Waals surface area (Å²) in [6.45, 7) is 8.32. The Morgan fingerprint density at radius 3 is 3.00 bits per heavy atom. The minimum Gasteiger partial charge on any atom is -0.274 e. The SMILES string of the molecule is [C-]#[N+]c1ccc2ncn(C(C)=O)c2c1. The van der Waals surface area contributed by atoms with E-state index in [9.17, 15) is 4.79 Å². The highest BCUT2D eigenvalue weighted by Crippen LogP contribution is 2.20. The summed E-state index contributed by atoms with van der Waals surface area (Å²) in [7, 11) is 0. The van der Waals surface area contributed by atoms with Gasteiger partial charge in [0.1, 0.15) is 6.33 Å². The van der Waals surface area contributed by atoms with Gasteiger partial charge in [0.15, 0.2) is 5.69 Å². The molecule has 0 saturated heterocycles. The average Bonchev–Trinajstić information content (AvgIpc) is 2.59. The molecule has 4 heteroatoms. The van der Waals surface area contributed by atoms with Gasteiger partial charge in [0.05, 0.1) is 17.6 Å². The van der Waals surface area contributed by atoms with Crippen molar-refractivity contribution in [2.24, 2.45) is 0 Å². The van der Waals surface area contributed by atoms with Gasteiger partial charge in [0, 0.05) is 6.92 Å². The molecule has 0 saturated carbocycles. The maximum absolute atomic E-state index is 11.2. The Hall–Kier alpha value is -2.15. The second-order valence-electron chi connectivity index (χ2n) is 2.92. The molecule has 0 unspecified atom stereocenters. The number of carbonyl (C=O) groups excluding carboxylic acids is 1. The normalized spacial score (nSPS) is 10.0. The van der Waals surface area contributed by atoms with Crippen molar-refractivity contribution in [3.05, 3.63) is 35.9 Å². The zero-order valence-corrected chi connectivity index (χ0v) is 7.56. The average molecular weight is 185 g/mol. The first kappa shape index (κ1) is 8.45. The first-order chi connectivity index (χ1) is 6.72. The summed E-state index contributed by atoms with van der Waals surface area (Å²) in [5.41, 5.74) is 1.93.